The molecule has 3 rings (SSSR count). The van der Waals surface area contributed by atoms with Gasteiger partial charge < -0.3 is 5.32 Å². The van der Waals surface area contributed by atoms with E-state index in [9.17, 15) is 13.2 Å². The van der Waals surface area contributed by atoms with E-state index in [4.69, 9.17) is 0 Å². The molecule has 0 saturated heterocycles. The van der Waals surface area contributed by atoms with E-state index < -0.39 is 18.8 Å². The predicted octanol–water partition coefficient (Wildman–Crippen LogP) is 5.22. The normalized spacial score (nSPS) is 12.9. The van der Waals surface area contributed by atoms with Crippen LogP contribution >= 0.6 is 11.8 Å². The van der Waals surface area contributed by atoms with E-state index >= 15 is 0 Å². The van der Waals surface area contributed by atoms with Gasteiger partial charge in [0.2, 0.25) is 0 Å². The number of hydrogen-bond acceptors (Lipinski definition) is 4. The maximum Gasteiger partial charge on any atom is 0.401 e. The molecule has 0 bridgehead atoms. The maximum atomic E-state index is 13.0. The lowest BCUT2D eigenvalue weighted by Gasteiger charge is -2.30. The van der Waals surface area contributed by atoms with Crippen molar-refractivity contribution in [1.29, 1.82) is 0 Å². The number of thioether (sulfide) groups is 1. The van der Waals surface area contributed by atoms with E-state index in [1.807, 2.05) is 42.7 Å². The fourth-order valence-corrected chi connectivity index (χ4v) is 3.57. The summed E-state index contributed by atoms with van der Waals surface area (Å²) < 4.78 is 39.1. The summed E-state index contributed by atoms with van der Waals surface area (Å²) in [6.45, 7) is -1.08. The van der Waals surface area contributed by atoms with Gasteiger partial charge in [0, 0.05) is 41.6 Å². The molecule has 0 aliphatic rings. The molecule has 0 radical (unpaired) electrons. The van der Waals surface area contributed by atoms with Gasteiger partial charge >= 0.3 is 6.18 Å². The molecule has 1 unspecified atom stereocenters. The third-order valence-electron chi connectivity index (χ3n) is 4.42. The number of nitrogens with zero attached hydrogens (tertiary/aromatic N) is 2. The summed E-state index contributed by atoms with van der Waals surface area (Å²) in [4.78, 5) is 9.39. The number of benzene rings is 1. The minimum absolute atomic E-state index is 0.370. The number of nitrogens with one attached hydrogen (secondary N) is 1. The molecule has 28 heavy (non-hydrogen) atoms. The van der Waals surface area contributed by atoms with Crippen molar-refractivity contribution in [3.8, 4) is 0 Å². The van der Waals surface area contributed by atoms with E-state index in [0.717, 1.165) is 21.6 Å². The second kappa shape index (κ2) is 9.21. The van der Waals surface area contributed by atoms with Crippen LogP contribution in [-0.2, 0) is 0 Å². The molecule has 146 valence electrons. The maximum absolute atomic E-state index is 13.0. The van der Waals surface area contributed by atoms with Crippen LogP contribution in [0.15, 0.2) is 78.2 Å². The van der Waals surface area contributed by atoms with Crippen LogP contribution in [0.3, 0.4) is 0 Å². The van der Waals surface area contributed by atoms with Crippen molar-refractivity contribution in [2.45, 2.75) is 23.0 Å². The smallest absolute Gasteiger partial charge is 0.301 e. The average molecular weight is 403 g/mol. The molecule has 0 aliphatic heterocycles. The van der Waals surface area contributed by atoms with Crippen LogP contribution in [0.25, 0.3) is 0 Å². The number of alkyl halides is 3. The number of pyridine rings is 2. The van der Waals surface area contributed by atoms with Crippen molar-refractivity contribution < 1.29 is 13.2 Å². The van der Waals surface area contributed by atoms with Gasteiger partial charge in [0.05, 0.1) is 6.54 Å². The minimum Gasteiger partial charge on any atom is -0.301 e. The van der Waals surface area contributed by atoms with Crippen LogP contribution in [0.1, 0.15) is 28.7 Å². The Morgan fingerprint density at radius 3 is 1.89 bits per heavy atom. The lowest BCUT2D eigenvalue weighted by Crippen LogP contribution is -2.35. The zero-order valence-electron chi connectivity index (χ0n) is 15.2. The van der Waals surface area contributed by atoms with Crippen LogP contribution in [0.4, 0.5) is 13.2 Å². The van der Waals surface area contributed by atoms with Gasteiger partial charge in [0.1, 0.15) is 0 Å². The Kier molecular flexibility index (Phi) is 6.70. The van der Waals surface area contributed by atoms with Crippen LogP contribution in [-0.4, -0.2) is 28.9 Å². The first-order chi connectivity index (χ1) is 13.5. The van der Waals surface area contributed by atoms with Crippen LogP contribution in [0, 0.1) is 0 Å². The zero-order chi connectivity index (χ0) is 20.0. The number of aromatic nitrogens is 2. The molecular weight excluding hydrogens is 383 g/mol. The summed E-state index contributed by atoms with van der Waals surface area (Å²) in [5, 5.41) is 2.72. The van der Waals surface area contributed by atoms with E-state index in [1.165, 1.54) is 0 Å². The lowest BCUT2D eigenvalue weighted by atomic mass is 9.83. The predicted molar refractivity (Wildman–Crippen MR) is 105 cm³/mol. The Balaban J connectivity index is 2.07. The van der Waals surface area contributed by atoms with Gasteiger partial charge in [-0.2, -0.15) is 13.2 Å². The molecule has 7 heteroatoms. The Hall–Kier alpha value is -2.38. The molecule has 1 N–H and O–H groups in total. The first-order valence-electron chi connectivity index (χ1n) is 8.72. The Morgan fingerprint density at radius 1 is 0.893 bits per heavy atom. The summed E-state index contributed by atoms with van der Waals surface area (Å²) in [5.41, 5.74) is 2.42. The van der Waals surface area contributed by atoms with Gasteiger partial charge in [-0.1, -0.05) is 24.3 Å². The number of hydrogen-bond donors (Lipinski definition) is 1. The highest BCUT2D eigenvalue weighted by Gasteiger charge is 2.33. The molecule has 0 amide bonds. The van der Waals surface area contributed by atoms with E-state index in [-0.39, 0.29) is 5.92 Å². The van der Waals surface area contributed by atoms with Crippen molar-refractivity contribution in [2.24, 2.45) is 0 Å². The van der Waals surface area contributed by atoms with Crippen LogP contribution in [0.2, 0.25) is 0 Å². The third kappa shape index (κ3) is 5.33. The highest BCUT2D eigenvalue weighted by atomic mass is 32.2. The molecule has 1 aromatic carbocycles. The first-order valence-corrected chi connectivity index (χ1v) is 9.94. The van der Waals surface area contributed by atoms with Crippen LogP contribution in [0.5, 0.6) is 0 Å². The first kappa shape index (κ1) is 20.4. The Labute approximate surface area is 166 Å². The number of rotatable bonds is 7. The second-order valence-corrected chi connectivity index (χ2v) is 7.18. The summed E-state index contributed by atoms with van der Waals surface area (Å²) in [7, 11) is 0. The Morgan fingerprint density at radius 2 is 1.46 bits per heavy atom. The van der Waals surface area contributed by atoms with Crippen molar-refractivity contribution in [1.82, 2.24) is 15.3 Å². The largest absolute Gasteiger partial charge is 0.401 e. The molecule has 0 aliphatic carbocycles. The van der Waals surface area contributed by atoms with E-state index in [2.05, 4.69) is 15.3 Å². The fourth-order valence-electron chi connectivity index (χ4n) is 3.16. The van der Waals surface area contributed by atoms with Crippen molar-refractivity contribution in [3.05, 3.63) is 90.0 Å². The Bertz CT molecular complexity index is 816. The third-order valence-corrected chi connectivity index (χ3v) is 5.16. The summed E-state index contributed by atoms with van der Waals surface area (Å²) in [5.74, 6) is -0.370. The molecular formula is C21H20F3N3S. The second-order valence-electron chi connectivity index (χ2n) is 6.30. The minimum atomic E-state index is -4.31. The standard InChI is InChI=1S/C21H20F3N3S/c1-28-18-8-6-15(7-9-18)20(27-14-21(22,23)24)19(16-4-2-10-25-12-16)17-5-3-11-26-13-17/h2-13,19-20,27H,14H2,1H3. The van der Waals surface area contributed by atoms with Gasteiger partial charge in [0.25, 0.3) is 0 Å². The highest BCUT2D eigenvalue weighted by Crippen LogP contribution is 2.37. The van der Waals surface area contributed by atoms with Gasteiger partial charge in [-0.3, -0.25) is 9.97 Å². The SMILES string of the molecule is CSc1ccc(C(NCC(F)(F)F)C(c2cccnc2)c2cccnc2)cc1. The van der Waals surface area contributed by atoms with Gasteiger partial charge in [-0.15, -0.1) is 11.8 Å². The fraction of sp³-hybridized carbons (Fsp3) is 0.238. The molecule has 0 spiro atoms. The zero-order valence-corrected chi connectivity index (χ0v) is 16.0. The quantitative estimate of drug-likeness (QED) is 0.549. The monoisotopic (exact) mass is 403 g/mol. The van der Waals surface area contributed by atoms with Crippen LogP contribution < -0.4 is 5.32 Å². The number of halogens is 3. The molecule has 3 nitrogen and oxygen atoms in total. The molecule has 1 atom stereocenters. The topological polar surface area (TPSA) is 37.8 Å². The summed E-state index contributed by atoms with van der Waals surface area (Å²) >= 11 is 1.59. The average Bonchev–Trinajstić information content (AvgIpc) is 2.72. The highest BCUT2D eigenvalue weighted by molar-refractivity contribution is 7.98. The van der Waals surface area contributed by atoms with Crippen molar-refractivity contribution in [2.75, 3.05) is 12.8 Å². The van der Waals surface area contributed by atoms with Crippen molar-refractivity contribution >= 4 is 11.8 Å². The van der Waals surface area contributed by atoms with Gasteiger partial charge in [-0.05, 0) is 47.2 Å². The van der Waals surface area contributed by atoms with Gasteiger partial charge in [-0.25, -0.2) is 0 Å². The molecule has 2 heterocycles. The molecule has 0 fully saturated rings. The van der Waals surface area contributed by atoms with Gasteiger partial charge in [0.15, 0.2) is 0 Å². The summed E-state index contributed by atoms with van der Waals surface area (Å²) in [6, 6.07) is 14.3. The summed E-state index contributed by atoms with van der Waals surface area (Å²) in [6.07, 6.45) is 4.32. The van der Waals surface area contributed by atoms with E-state index in [0.29, 0.717) is 0 Å². The van der Waals surface area contributed by atoms with E-state index in [1.54, 1.807) is 48.7 Å². The lowest BCUT2D eigenvalue weighted by molar-refractivity contribution is -0.126. The molecule has 0 saturated carbocycles. The molecule has 3 aromatic rings. The van der Waals surface area contributed by atoms with Crippen molar-refractivity contribution in [3.63, 3.8) is 0 Å². The molecule has 2 aromatic heterocycles.